The van der Waals surface area contributed by atoms with Gasteiger partial charge in [0, 0.05) is 4.47 Å². The van der Waals surface area contributed by atoms with Gasteiger partial charge in [-0.15, -0.1) is 0 Å². The van der Waals surface area contributed by atoms with Gasteiger partial charge in [0.25, 0.3) is 0 Å². The lowest BCUT2D eigenvalue weighted by Gasteiger charge is -2.19. The van der Waals surface area contributed by atoms with E-state index < -0.39 is 0 Å². The number of aryl methyl sites for hydroxylation is 1. The molecule has 0 fully saturated rings. The molecule has 0 N–H and O–H groups in total. The van der Waals surface area contributed by atoms with Crippen molar-refractivity contribution in [2.24, 2.45) is 0 Å². The van der Waals surface area contributed by atoms with Crippen LogP contribution in [0.3, 0.4) is 0 Å². The monoisotopic (exact) mass is 226 g/mol. The van der Waals surface area contributed by atoms with Gasteiger partial charge in [0.2, 0.25) is 0 Å². The van der Waals surface area contributed by atoms with E-state index >= 15 is 0 Å². The van der Waals surface area contributed by atoms with Gasteiger partial charge in [0.15, 0.2) is 0 Å². The van der Waals surface area contributed by atoms with E-state index in [0.717, 1.165) is 0 Å². The SMILES string of the molecule is Cc1cc(Br)cc(C(C)(C)C)c1. The maximum absolute atomic E-state index is 3.51. The average Bonchev–Trinajstić information content (AvgIpc) is 1.82. The normalized spacial score (nSPS) is 11.8. The highest BCUT2D eigenvalue weighted by Gasteiger charge is 2.13. The van der Waals surface area contributed by atoms with E-state index in [2.05, 4.69) is 61.8 Å². The Morgan fingerprint density at radius 1 is 1.08 bits per heavy atom. The maximum atomic E-state index is 3.51. The Morgan fingerprint density at radius 2 is 1.67 bits per heavy atom. The summed E-state index contributed by atoms with van der Waals surface area (Å²) in [7, 11) is 0. The zero-order valence-electron chi connectivity index (χ0n) is 8.11. The molecule has 0 aromatic heterocycles. The lowest BCUT2D eigenvalue weighted by molar-refractivity contribution is 0.589. The molecule has 12 heavy (non-hydrogen) atoms. The second-order valence-electron chi connectivity index (χ2n) is 4.27. The molecule has 0 aliphatic heterocycles. The lowest BCUT2D eigenvalue weighted by Crippen LogP contribution is -2.11. The van der Waals surface area contributed by atoms with Crippen molar-refractivity contribution >= 4 is 15.9 Å². The Labute approximate surface area is 83.1 Å². The Morgan fingerprint density at radius 3 is 2.08 bits per heavy atom. The van der Waals surface area contributed by atoms with Crippen LogP contribution in [0, 0.1) is 6.92 Å². The molecule has 1 rings (SSSR count). The summed E-state index contributed by atoms with van der Waals surface area (Å²) in [6.45, 7) is 8.82. The molecule has 0 aliphatic carbocycles. The Hall–Kier alpha value is -0.300. The van der Waals surface area contributed by atoms with E-state index in [1.54, 1.807) is 0 Å². The van der Waals surface area contributed by atoms with Gasteiger partial charge in [-0.2, -0.15) is 0 Å². The summed E-state index contributed by atoms with van der Waals surface area (Å²) < 4.78 is 1.17. The second kappa shape index (κ2) is 3.21. The molecule has 0 saturated heterocycles. The molecule has 0 aliphatic rings. The van der Waals surface area contributed by atoms with Crippen molar-refractivity contribution in [2.45, 2.75) is 33.1 Å². The molecule has 0 atom stereocenters. The first kappa shape index (κ1) is 9.79. The molecule has 0 saturated carbocycles. The van der Waals surface area contributed by atoms with E-state index in [1.165, 1.54) is 15.6 Å². The van der Waals surface area contributed by atoms with Crippen molar-refractivity contribution in [2.75, 3.05) is 0 Å². The minimum atomic E-state index is 0.245. The Kier molecular flexibility index (Phi) is 2.62. The van der Waals surface area contributed by atoms with Crippen molar-refractivity contribution in [1.29, 1.82) is 0 Å². The summed E-state index contributed by atoms with van der Waals surface area (Å²) in [6, 6.07) is 6.56. The fraction of sp³-hybridized carbons (Fsp3) is 0.455. The van der Waals surface area contributed by atoms with E-state index in [-0.39, 0.29) is 5.41 Å². The van der Waals surface area contributed by atoms with Crippen molar-refractivity contribution < 1.29 is 0 Å². The molecule has 1 aromatic carbocycles. The standard InChI is InChI=1S/C11H15Br/c1-8-5-9(11(2,3)4)7-10(12)6-8/h5-7H,1-4H3. The van der Waals surface area contributed by atoms with Crippen LogP contribution in [-0.4, -0.2) is 0 Å². The van der Waals surface area contributed by atoms with Gasteiger partial charge in [-0.25, -0.2) is 0 Å². The van der Waals surface area contributed by atoms with Crippen molar-refractivity contribution in [1.82, 2.24) is 0 Å². The highest BCUT2D eigenvalue weighted by molar-refractivity contribution is 9.10. The molecule has 1 heteroatoms. The first-order valence-corrected chi connectivity index (χ1v) is 4.96. The quantitative estimate of drug-likeness (QED) is 0.627. The fourth-order valence-electron chi connectivity index (χ4n) is 1.17. The summed E-state index contributed by atoms with van der Waals surface area (Å²) in [5.41, 5.74) is 2.94. The smallest absolute Gasteiger partial charge is 0.0180 e. The van der Waals surface area contributed by atoms with Crippen LogP contribution in [0.1, 0.15) is 31.9 Å². The molecule has 66 valence electrons. The first-order valence-electron chi connectivity index (χ1n) is 4.17. The molecule has 0 unspecified atom stereocenters. The minimum absolute atomic E-state index is 0.245. The van der Waals surface area contributed by atoms with Crippen LogP contribution in [0.25, 0.3) is 0 Å². The molecule has 1 aromatic rings. The van der Waals surface area contributed by atoms with E-state index in [4.69, 9.17) is 0 Å². The van der Waals surface area contributed by atoms with Crippen LogP contribution >= 0.6 is 15.9 Å². The number of hydrogen-bond donors (Lipinski definition) is 0. The molecule has 0 nitrogen and oxygen atoms in total. The molecular formula is C11H15Br. The van der Waals surface area contributed by atoms with Crippen LogP contribution < -0.4 is 0 Å². The summed E-state index contributed by atoms with van der Waals surface area (Å²) in [5.74, 6) is 0. The predicted octanol–water partition coefficient (Wildman–Crippen LogP) is 4.06. The van der Waals surface area contributed by atoms with Gasteiger partial charge in [0.05, 0.1) is 0 Å². The van der Waals surface area contributed by atoms with Crippen LogP contribution in [0.4, 0.5) is 0 Å². The topological polar surface area (TPSA) is 0 Å². The predicted molar refractivity (Wildman–Crippen MR) is 57.6 cm³/mol. The second-order valence-corrected chi connectivity index (χ2v) is 5.18. The maximum Gasteiger partial charge on any atom is 0.0180 e. The van der Waals surface area contributed by atoms with Gasteiger partial charge in [-0.05, 0) is 35.6 Å². The fourth-order valence-corrected chi connectivity index (χ4v) is 1.78. The Bertz CT molecular complexity index is 261. The summed E-state index contributed by atoms with van der Waals surface area (Å²) in [4.78, 5) is 0. The molecule has 0 bridgehead atoms. The lowest BCUT2D eigenvalue weighted by atomic mass is 9.86. The van der Waals surface area contributed by atoms with E-state index in [9.17, 15) is 0 Å². The zero-order valence-corrected chi connectivity index (χ0v) is 9.70. The first-order chi connectivity index (χ1) is 5.39. The van der Waals surface area contributed by atoms with Gasteiger partial charge in [0.1, 0.15) is 0 Å². The van der Waals surface area contributed by atoms with Crippen LogP contribution in [0.2, 0.25) is 0 Å². The Balaban J connectivity index is 3.18. The average molecular weight is 227 g/mol. The molecular weight excluding hydrogens is 212 g/mol. The largest absolute Gasteiger partial charge is 0.0561 e. The number of benzene rings is 1. The molecule has 0 spiro atoms. The van der Waals surface area contributed by atoms with E-state index in [0.29, 0.717) is 0 Å². The summed E-state index contributed by atoms with van der Waals surface area (Å²) >= 11 is 3.51. The highest BCUT2D eigenvalue weighted by Crippen LogP contribution is 2.26. The van der Waals surface area contributed by atoms with Gasteiger partial charge in [-0.3, -0.25) is 0 Å². The van der Waals surface area contributed by atoms with Crippen molar-refractivity contribution in [3.63, 3.8) is 0 Å². The number of halogens is 1. The zero-order chi connectivity index (χ0) is 9.35. The van der Waals surface area contributed by atoms with Gasteiger partial charge in [-0.1, -0.05) is 42.8 Å². The molecule has 0 heterocycles. The van der Waals surface area contributed by atoms with E-state index in [1.807, 2.05) is 0 Å². The van der Waals surface area contributed by atoms with Crippen LogP contribution in [0.5, 0.6) is 0 Å². The molecule has 0 radical (unpaired) electrons. The molecule has 0 amide bonds. The highest BCUT2D eigenvalue weighted by atomic mass is 79.9. The summed E-state index contributed by atoms with van der Waals surface area (Å²) in [5, 5.41) is 0. The van der Waals surface area contributed by atoms with Gasteiger partial charge >= 0.3 is 0 Å². The minimum Gasteiger partial charge on any atom is -0.0561 e. The van der Waals surface area contributed by atoms with Crippen molar-refractivity contribution in [3.05, 3.63) is 33.8 Å². The van der Waals surface area contributed by atoms with Crippen LogP contribution in [-0.2, 0) is 5.41 Å². The van der Waals surface area contributed by atoms with Crippen LogP contribution in [0.15, 0.2) is 22.7 Å². The number of hydrogen-bond acceptors (Lipinski definition) is 0. The summed E-state index contributed by atoms with van der Waals surface area (Å²) in [6.07, 6.45) is 0. The number of rotatable bonds is 0. The third-order valence-corrected chi connectivity index (χ3v) is 2.37. The van der Waals surface area contributed by atoms with Crippen molar-refractivity contribution in [3.8, 4) is 0 Å². The van der Waals surface area contributed by atoms with Gasteiger partial charge < -0.3 is 0 Å². The third kappa shape index (κ3) is 2.34. The third-order valence-electron chi connectivity index (χ3n) is 1.91.